The molecule has 0 aliphatic rings. The van der Waals surface area contributed by atoms with Crippen LogP contribution in [0.4, 0.5) is 0 Å². The Morgan fingerprint density at radius 2 is 2.27 bits per heavy atom. The highest BCUT2D eigenvalue weighted by atomic mass is 16.4. The summed E-state index contributed by atoms with van der Waals surface area (Å²) in [5, 5.41) is 14.7. The van der Waals surface area contributed by atoms with Gasteiger partial charge >= 0.3 is 0 Å². The van der Waals surface area contributed by atoms with Crippen molar-refractivity contribution < 1.29 is 9.28 Å². The molecule has 0 aliphatic heterocycles. The van der Waals surface area contributed by atoms with Crippen molar-refractivity contribution in [2.75, 3.05) is 33.7 Å². The summed E-state index contributed by atoms with van der Waals surface area (Å²) in [5.74, 6) is -0.431. The number of hydrogen-bond donors (Lipinski definition) is 1. The molecule has 0 aromatic rings. The molecule has 0 bridgehead atoms. The predicted octanol–water partition coefficient (Wildman–Crippen LogP) is 0.324. The summed E-state index contributed by atoms with van der Waals surface area (Å²) in [5.41, 5.74) is 0. The van der Waals surface area contributed by atoms with E-state index in [1.165, 1.54) is 0 Å². The predicted molar refractivity (Wildman–Crippen MR) is 61.5 cm³/mol. The fourth-order valence-electron chi connectivity index (χ4n) is 1.25. The van der Waals surface area contributed by atoms with Gasteiger partial charge in [-0.05, 0) is 6.08 Å². The van der Waals surface area contributed by atoms with Gasteiger partial charge in [0.05, 0.1) is 33.4 Å². The molecule has 5 nitrogen and oxygen atoms in total. The maximum absolute atomic E-state index is 10.8. The minimum atomic E-state index is -0.431. The van der Waals surface area contributed by atoms with Gasteiger partial charge < -0.3 is 20.2 Å². The number of nitrogens with zero attached hydrogens (tertiary/aromatic N) is 2. The summed E-state index contributed by atoms with van der Waals surface area (Å²) in [7, 11) is 4.20. The van der Waals surface area contributed by atoms with Crippen LogP contribution in [-0.2, 0) is 4.79 Å². The molecular weight excluding hydrogens is 194 g/mol. The Kier molecular flexibility index (Phi) is 6.37. The largest absolute Gasteiger partial charge is 0.792 e. The highest BCUT2D eigenvalue weighted by Crippen LogP contribution is 1.98. The zero-order valence-electron chi connectivity index (χ0n) is 9.40. The van der Waals surface area contributed by atoms with Gasteiger partial charge in [-0.3, -0.25) is 4.79 Å². The summed E-state index contributed by atoms with van der Waals surface area (Å²) in [6.07, 6.45) is 3.48. The molecule has 0 aromatic carbocycles. The number of carbonyl (C=O) groups is 1. The molecule has 15 heavy (non-hydrogen) atoms. The van der Waals surface area contributed by atoms with Crippen LogP contribution in [0, 0.1) is 5.21 Å². The molecule has 0 unspecified atom stereocenters. The number of likely N-dealkylation sites (N-methyl/N-ethyl adjacent to an activating group) is 1. The van der Waals surface area contributed by atoms with Crippen molar-refractivity contribution in [3.63, 3.8) is 0 Å². The van der Waals surface area contributed by atoms with E-state index in [1.54, 1.807) is 0 Å². The highest BCUT2D eigenvalue weighted by Gasteiger charge is 2.11. The van der Waals surface area contributed by atoms with Crippen molar-refractivity contribution in [1.82, 2.24) is 5.32 Å². The van der Waals surface area contributed by atoms with Crippen LogP contribution in [0.15, 0.2) is 17.8 Å². The topological polar surface area (TPSA) is 64.5 Å². The van der Waals surface area contributed by atoms with E-state index in [1.807, 2.05) is 6.08 Å². The van der Waals surface area contributed by atoms with E-state index in [2.05, 4.69) is 31.1 Å². The molecule has 1 N–H and O–H groups in total. The first-order valence-corrected chi connectivity index (χ1v) is 4.88. The van der Waals surface area contributed by atoms with Gasteiger partial charge in [0.25, 0.3) is 5.91 Å². The maximum atomic E-state index is 10.8. The molecule has 5 heteroatoms. The summed E-state index contributed by atoms with van der Waals surface area (Å²) >= 11 is 0. The van der Waals surface area contributed by atoms with Crippen LogP contribution in [0.1, 0.15) is 6.42 Å². The molecular formula is C10H19N3O2. The van der Waals surface area contributed by atoms with Crippen molar-refractivity contribution >= 4 is 12.1 Å². The van der Waals surface area contributed by atoms with Gasteiger partial charge in [-0.2, -0.15) is 0 Å². The lowest BCUT2D eigenvalue weighted by molar-refractivity contribution is -0.884. The van der Waals surface area contributed by atoms with E-state index in [0.717, 1.165) is 30.2 Å². The Balaban J connectivity index is 3.62. The zero-order valence-corrected chi connectivity index (χ0v) is 9.40. The van der Waals surface area contributed by atoms with Crippen LogP contribution < -0.4 is 5.32 Å². The first-order chi connectivity index (χ1) is 7.02. The molecule has 0 radical (unpaired) electrons. The van der Waals surface area contributed by atoms with Crippen molar-refractivity contribution in [3.05, 3.63) is 17.9 Å². The van der Waals surface area contributed by atoms with Gasteiger partial charge in [0, 0.05) is 13.0 Å². The Bertz CT molecular complexity index is 237. The van der Waals surface area contributed by atoms with Crippen LogP contribution in [0.3, 0.4) is 0 Å². The first kappa shape index (κ1) is 13.6. The first-order valence-electron chi connectivity index (χ1n) is 4.88. The second kappa shape index (κ2) is 7.00. The van der Waals surface area contributed by atoms with E-state index < -0.39 is 5.91 Å². The zero-order chi connectivity index (χ0) is 11.7. The smallest absolute Gasteiger partial charge is 0.261 e. The van der Waals surface area contributed by atoms with Crippen molar-refractivity contribution in [2.45, 2.75) is 6.42 Å². The standard InChI is InChI=1S/C10H19N3O2/c1-4-7-13(2,3)8-5-6-11-10(14)9-12-15/h4,9H,1,5-8H2,2-3H3,(H-,11,14,15). The average Bonchev–Trinajstić information content (AvgIpc) is 2.13. The Morgan fingerprint density at radius 3 is 2.80 bits per heavy atom. The fourth-order valence-corrected chi connectivity index (χ4v) is 1.25. The van der Waals surface area contributed by atoms with E-state index in [9.17, 15) is 10.0 Å². The molecule has 0 atom stereocenters. The number of quaternary nitrogens is 1. The number of hydrogen-bond acceptors (Lipinski definition) is 3. The van der Waals surface area contributed by atoms with E-state index in [4.69, 9.17) is 0 Å². The third-order valence-electron chi connectivity index (χ3n) is 2.03. The van der Waals surface area contributed by atoms with Crippen molar-refractivity contribution in [3.8, 4) is 0 Å². The Labute approximate surface area is 90.7 Å². The van der Waals surface area contributed by atoms with Crippen molar-refractivity contribution in [2.24, 2.45) is 5.16 Å². The van der Waals surface area contributed by atoms with Crippen LogP contribution >= 0.6 is 0 Å². The van der Waals surface area contributed by atoms with Gasteiger partial charge in [0.2, 0.25) is 0 Å². The normalized spacial score (nSPS) is 11.6. The summed E-state index contributed by atoms with van der Waals surface area (Å²) in [6.45, 7) is 6.09. The van der Waals surface area contributed by atoms with Gasteiger partial charge in [0.1, 0.15) is 0 Å². The Morgan fingerprint density at radius 1 is 1.60 bits per heavy atom. The monoisotopic (exact) mass is 213 g/mol. The van der Waals surface area contributed by atoms with E-state index in [0.29, 0.717) is 6.54 Å². The minimum absolute atomic E-state index is 0.431. The minimum Gasteiger partial charge on any atom is -0.792 e. The molecule has 0 saturated carbocycles. The van der Waals surface area contributed by atoms with Crippen LogP contribution in [0.5, 0.6) is 0 Å². The number of rotatable bonds is 7. The lowest BCUT2D eigenvalue weighted by atomic mass is 10.3. The lowest BCUT2D eigenvalue weighted by Gasteiger charge is -2.28. The number of carbonyl (C=O) groups excluding carboxylic acids is 1. The molecule has 86 valence electrons. The summed E-state index contributed by atoms with van der Waals surface area (Å²) < 4.78 is 0.842. The third-order valence-corrected chi connectivity index (χ3v) is 2.03. The second-order valence-electron chi connectivity index (χ2n) is 4.01. The van der Waals surface area contributed by atoms with Crippen molar-refractivity contribution in [1.29, 1.82) is 0 Å². The third kappa shape index (κ3) is 7.69. The number of nitrogens with one attached hydrogen (secondary N) is 1. The second-order valence-corrected chi connectivity index (χ2v) is 4.01. The fraction of sp³-hybridized carbons (Fsp3) is 0.600. The maximum Gasteiger partial charge on any atom is 0.261 e. The summed E-state index contributed by atoms with van der Waals surface area (Å²) in [4.78, 5) is 10.8. The van der Waals surface area contributed by atoms with E-state index in [-0.39, 0.29) is 0 Å². The molecule has 0 aliphatic carbocycles. The quantitative estimate of drug-likeness (QED) is 0.218. The van der Waals surface area contributed by atoms with Crippen LogP contribution in [-0.4, -0.2) is 50.3 Å². The average molecular weight is 213 g/mol. The van der Waals surface area contributed by atoms with E-state index >= 15 is 0 Å². The van der Waals surface area contributed by atoms with Crippen LogP contribution in [0.25, 0.3) is 0 Å². The Hall–Kier alpha value is -1.36. The van der Waals surface area contributed by atoms with Crippen LogP contribution in [0.2, 0.25) is 0 Å². The molecule has 0 heterocycles. The van der Waals surface area contributed by atoms with Gasteiger partial charge in [-0.1, -0.05) is 6.58 Å². The SMILES string of the molecule is C=CC[N+](C)(C)CCCNC(=O)/C=N/[O-]. The number of amides is 1. The lowest BCUT2D eigenvalue weighted by Crippen LogP contribution is -2.41. The molecule has 1 amide bonds. The molecule has 0 aromatic heterocycles. The van der Waals surface area contributed by atoms with Gasteiger partial charge in [0.15, 0.2) is 0 Å². The van der Waals surface area contributed by atoms with Gasteiger partial charge in [-0.25, -0.2) is 0 Å². The summed E-state index contributed by atoms with van der Waals surface area (Å²) in [6, 6.07) is 0. The highest BCUT2D eigenvalue weighted by molar-refractivity contribution is 6.26. The molecule has 0 rings (SSSR count). The van der Waals surface area contributed by atoms with Gasteiger partial charge in [-0.15, -0.1) is 0 Å². The molecule has 0 saturated heterocycles. The molecule has 0 spiro atoms. The molecule has 0 fully saturated rings.